The molecule has 0 atom stereocenters. The average molecular weight is 240 g/mol. The number of fused-ring (bicyclic) bond motifs is 1. The SMILES string of the molecule is C/C=C/CCNCc1ccc2nc(C)ccc2c1. The van der Waals surface area contributed by atoms with Crippen molar-refractivity contribution in [1.82, 2.24) is 10.3 Å². The number of pyridine rings is 1. The number of hydrogen-bond acceptors (Lipinski definition) is 2. The molecule has 0 aliphatic carbocycles. The van der Waals surface area contributed by atoms with E-state index in [1.165, 1.54) is 10.9 Å². The lowest BCUT2D eigenvalue weighted by atomic mass is 10.1. The second-order valence-electron chi connectivity index (χ2n) is 4.51. The van der Waals surface area contributed by atoms with Gasteiger partial charge < -0.3 is 5.32 Å². The van der Waals surface area contributed by atoms with E-state index in [2.05, 4.69) is 59.7 Å². The Kier molecular flexibility index (Phi) is 4.48. The number of benzene rings is 1. The van der Waals surface area contributed by atoms with Crippen LogP contribution in [0.5, 0.6) is 0 Å². The Labute approximate surface area is 109 Å². The molecule has 1 heterocycles. The molecule has 0 aliphatic rings. The van der Waals surface area contributed by atoms with Crippen molar-refractivity contribution in [3.63, 3.8) is 0 Å². The lowest BCUT2D eigenvalue weighted by Crippen LogP contribution is -2.13. The predicted octanol–water partition coefficient (Wildman–Crippen LogP) is 3.60. The highest BCUT2D eigenvalue weighted by Gasteiger charge is 1.98. The van der Waals surface area contributed by atoms with Gasteiger partial charge in [0.15, 0.2) is 0 Å². The third kappa shape index (κ3) is 3.41. The molecule has 1 aromatic carbocycles. The summed E-state index contributed by atoms with van der Waals surface area (Å²) in [5.41, 5.74) is 3.46. The fourth-order valence-electron chi connectivity index (χ4n) is 1.97. The molecule has 0 unspecified atom stereocenters. The molecule has 2 aromatic rings. The zero-order valence-corrected chi connectivity index (χ0v) is 11.1. The van der Waals surface area contributed by atoms with Gasteiger partial charge in [-0.05, 0) is 50.6 Å². The quantitative estimate of drug-likeness (QED) is 0.638. The minimum absolute atomic E-state index is 0.918. The second kappa shape index (κ2) is 6.31. The average Bonchev–Trinajstić information content (AvgIpc) is 2.38. The normalized spacial score (nSPS) is 11.4. The van der Waals surface area contributed by atoms with Gasteiger partial charge in [0.1, 0.15) is 0 Å². The number of hydrogen-bond donors (Lipinski definition) is 1. The topological polar surface area (TPSA) is 24.9 Å². The lowest BCUT2D eigenvalue weighted by Gasteiger charge is -2.05. The fourth-order valence-corrected chi connectivity index (χ4v) is 1.97. The van der Waals surface area contributed by atoms with Gasteiger partial charge in [-0.3, -0.25) is 4.98 Å². The summed E-state index contributed by atoms with van der Waals surface area (Å²) in [7, 11) is 0. The first-order valence-corrected chi connectivity index (χ1v) is 6.48. The Bertz CT molecular complexity index is 544. The first-order chi connectivity index (χ1) is 8.79. The molecule has 0 amide bonds. The van der Waals surface area contributed by atoms with Gasteiger partial charge in [0.2, 0.25) is 0 Å². The molecule has 0 saturated heterocycles. The molecule has 0 spiro atoms. The molecule has 0 radical (unpaired) electrons. The number of aromatic nitrogens is 1. The van der Waals surface area contributed by atoms with Gasteiger partial charge in [0.05, 0.1) is 5.52 Å². The van der Waals surface area contributed by atoms with E-state index in [4.69, 9.17) is 0 Å². The number of rotatable bonds is 5. The van der Waals surface area contributed by atoms with E-state index in [0.717, 1.165) is 30.7 Å². The van der Waals surface area contributed by atoms with Gasteiger partial charge in [-0.1, -0.05) is 24.3 Å². The summed E-state index contributed by atoms with van der Waals surface area (Å²) in [6.07, 6.45) is 5.36. The van der Waals surface area contributed by atoms with Crippen LogP contribution in [0, 0.1) is 6.92 Å². The van der Waals surface area contributed by atoms with Crippen LogP contribution in [0.3, 0.4) is 0 Å². The van der Waals surface area contributed by atoms with Crippen molar-refractivity contribution >= 4 is 10.9 Å². The van der Waals surface area contributed by atoms with Crippen LogP contribution in [0.4, 0.5) is 0 Å². The molecule has 2 rings (SSSR count). The van der Waals surface area contributed by atoms with Crippen LogP contribution in [0.1, 0.15) is 24.6 Å². The van der Waals surface area contributed by atoms with E-state index in [1.54, 1.807) is 0 Å². The van der Waals surface area contributed by atoms with Gasteiger partial charge in [-0.25, -0.2) is 0 Å². The van der Waals surface area contributed by atoms with Crippen molar-refractivity contribution in [2.24, 2.45) is 0 Å². The summed E-state index contributed by atoms with van der Waals surface area (Å²) < 4.78 is 0. The van der Waals surface area contributed by atoms with Crippen LogP contribution in [-0.2, 0) is 6.54 Å². The maximum atomic E-state index is 4.51. The number of aryl methyl sites for hydroxylation is 1. The summed E-state index contributed by atoms with van der Waals surface area (Å²) in [4.78, 5) is 4.51. The zero-order valence-electron chi connectivity index (χ0n) is 11.1. The van der Waals surface area contributed by atoms with E-state index >= 15 is 0 Å². The van der Waals surface area contributed by atoms with Gasteiger partial charge >= 0.3 is 0 Å². The maximum Gasteiger partial charge on any atom is 0.0705 e. The third-order valence-corrected chi connectivity index (χ3v) is 2.95. The highest BCUT2D eigenvalue weighted by atomic mass is 14.8. The standard InChI is InChI=1S/C16H20N2/c1-3-4-5-10-17-12-14-7-9-16-15(11-14)8-6-13(2)18-16/h3-4,6-9,11,17H,5,10,12H2,1-2H3/b4-3+. The minimum Gasteiger partial charge on any atom is -0.312 e. The van der Waals surface area contributed by atoms with Crippen molar-refractivity contribution in [3.8, 4) is 0 Å². The van der Waals surface area contributed by atoms with Crippen LogP contribution in [0.2, 0.25) is 0 Å². The van der Waals surface area contributed by atoms with E-state index < -0.39 is 0 Å². The summed E-state index contributed by atoms with van der Waals surface area (Å²) in [5.74, 6) is 0. The van der Waals surface area contributed by atoms with Crippen LogP contribution in [0.15, 0.2) is 42.5 Å². The molecule has 1 N–H and O–H groups in total. The molecule has 2 heteroatoms. The molecular formula is C16H20N2. The third-order valence-electron chi connectivity index (χ3n) is 2.95. The summed E-state index contributed by atoms with van der Waals surface area (Å²) in [5, 5.41) is 4.66. The van der Waals surface area contributed by atoms with Crippen molar-refractivity contribution in [2.75, 3.05) is 6.54 Å². The molecule has 94 valence electrons. The van der Waals surface area contributed by atoms with E-state index in [9.17, 15) is 0 Å². The molecule has 0 saturated carbocycles. The van der Waals surface area contributed by atoms with E-state index in [-0.39, 0.29) is 0 Å². The number of nitrogens with one attached hydrogen (secondary N) is 1. The van der Waals surface area contributed by atoms with Gasteiger partial charge in [-0.2, -0.15) is 0 Å². The lowest BCUT2D eigenvalue weighted by molar-refractivity contribution is 0.696. The van der Waals surface area contributed by atoms with Crippen LogP contribution < -0.4 is 5.32 Å². The Morgan fingerprint density at radius 1 is 1.22 bits per heavy atom. The minimum atomic E-state index is 0.918. The predicted molar refractivity (Wildman–Crippen MR) is 77.6 cm³/mol. The van der Waals surface area contributed by atoms with Crippen LogP contribution >= 0.6 is 0 Å². The van der Waals surface area contributed by atoms with Crippen molar-refractivity contribution < 1.29 is 0 Å². The smallest absolute Gasteiger partial charge is 0.0705 e. The molecule has 18 heavy (non-hydrogen) atoms. The molecule has 1 aromatic heterocycles. The highest BCUT2D eigenvalue weighted by molar-refractivity contribution is 5.79. The van der Waals surface area contributed by atoms with Gasteiger partial charge in [0, 0.05) is 17.6 Å². The van der Waals surface area contributed by atoms with Gasteiger partial charge in [-0.15, -0.1) is 0 Å². The fraction of sp³-hybridized carbons (Fsp3) is 0.312. The van der Waals surface area contributed by atoms with Gasteiger partial charge in [0.25, 0.3) is 0 Å². The Hall–Kier alpha value is -1.67. The summed E-state index contributed by atoms with van der Waals surface area (Å²) in [6.45, 7) is 6.02. The van der Waals surface area contributed by atoms with Crippen molar-refractivity contribution in [3.05, 3.63) is 53.7 Å². The summed E-state index contributed by atoms with van der Waals surface area (Å²) >= 11 is 0. The Morgan fingerprint density at radius 2 is 2.11 bits per heavy atom. The number of allylic oxidation sites excluding steroid dienone is 1. The van der Waals surface area contributed by atoms with E-state index in [0.29, 0.717) is 0 Å². The van der Waals surface area contributed by atoms with Crippen molar-refractivity contribution in [1.29, 1.82) is 0 Å². The van der Waals surface area contributed by atoms with Crippen LogP contribution in [0.25, 0.3) is 10.9 Å². The molecular weight excluding hydrogens is 220 g/mol. The molecule has 0 fully saturated rings. The molecule has 0 aliphatic heterocycles. The monoisotopic (exact) mass is 240 g/mol. The van der Waals surface area contributed by atoms with Crippen LogP contribution in [-0.4, -0.2) is 11.5 Å². The first kappa shape index (κ1) is 12.8. The Morgan fingerprint density at radius 3 is 2.94 bits per heavy atom. The second-order valence-corrected chi connectivity index (χ2v) is 4.51. The molecule has 0 bridgehead atoms. The maximum absolute atomic E-state index is 4.51. The van der Waals surface area contributed by atoms with E-state index in [1.807, 2.05) is 6.92 Å². The Balaban J connectivity index is 1.99. The highest BCUT2D eigenvalue weighted by Crippen LogP contribution is 2.14. The first-order valence-electron chi connectivity index (χ1n) is 6.48. The zero-order chi connectivity index (χ0) is 12.8. The van der Waals surface area contributed by atoms with Crippen molar-refractivity contribution in [2.45, 2.75) is 26.8 Å². The number of nitrogens with zero attached hydrogens (tertiary/aromatic N) is 1. The largest absolute Gasteiger partial charge is 0.312 e. The molecule has 2 nitrogen and oxygen atoms in total. The summed E-state index contributed by atoms with van der Waals surface area (Å²) in [6, 6.07) is 10.7.